The molecule has 0 atom stereocenters. The van der Waals surface area contributed by atoms with E-state index in [4.69, 9.17) is 0 Å². The minimum absolute atomic E-state index is 0. The van der Waals surface area contributed by atoms with Gasteiger partial charge in [-0.1, -0.05) is 118 Å². The van der Waals surface area contributed by atoms with E-state index >= 15 is 0 Å². The Morgan fingerprint density at radius 3 is 0.321 bits per heavy atom. The molecule has 0 aromatic carbocycles. The molecule has 0 bridgehead atoms. The van der Waals surface area contributed by atoms with Gasteiger partial charge in [-0.3, -0.25) is 0 Å². The van der Waals surface area contributed by atoms with E-state index in [1.807, 2.05) is 0 Å². The van der Waals surface area contributed by atoms with Gasteiger partial charge in [0.25, 0.3) is 0 Å². The Balaban J connectivity index is -0.000000152. The maximum absolute atomic E-state index is 2.65. The smallest absolute Gasteiger partial charge is 0 e. The van der Waals surface area contributed by atoms with Crippen LogP contribution >= 0.6 is 0 Å². The Labute approximate surface area is 203 Å². The van der Waals surface area contributed by atoms with Crippen LogP contribution < -0.4 is 0 Å². The summed E-state index contributed by atoms with van der Waals surface area (Å²) >= 11 is 0. The van der Waals surface area contributed by atoms with Crippen LogP contribution in [0.1, 0.15) is 0 Å². The first-order chi connectivity index (χ1) is 11.1. The summed E-state index contributed by atoms with van der Waals surface area (Å²) in [4.78, 5) is 0. The third-order valence-electron chi connectivity index (χ3n) is 2.60. The van der Waals surface area contributed by atoms with E-state index in [9.17, 15) is 0 Å². The maximum Gasteiger partial charge on any atom is 0 e. The van der Waals surface area contributed by atoms with E-state index in [-0.39, 0.29) is 21.1 Å². The molecule has 0 heterocycles. The Kier molecular flexibility index (Phi) is 18.0. The van der Waals surface area contributed by atoms with E-state index in [0.29, 0.717) is 0 Å². The van der Waals surface area contributed by atoms with Crippen molar-refractivity contribution < 1.29 is 21.1 Å². The van der Waals surface area contributed by atoms with E-state index < -0.39 is 48.4 Å². The minimum atomic E-state index is -0.856. The van der Waals surface area contributed by atoms with Gasteiger partial charge in [0, 0.05) is 21.1 Å². The SMILES string of the molecule is C[Si](C)(C)[CH-][Si](C)(C)C.C[Si](C)(C)[CH-][Si](C)(C)C.C[Si](C)(C)[CH-][Si](C)(C)C.[W]. The Morgan fingerprint density at radius 2 is 0.321 bits per heavy atom. The molecule has 0 nitrogen and oxygen atoms in total. The molecule has 0 aromatic rings. The molecular weight excluding hydrogens is 605 g/mol. The molecule has 0 aliphatic heterocycles. The fourth-order valence-corrected chi connectivity index (χ4v) is 35.1. The Morgan fingerprint density at radius 1 is 0.250 bits per heavy atom. The molecule has 0 unspecified atom stereocenters. The van der Waals surface area contributed by atoms with Gasteiger partial charge in [-0.2, -0.15) is 0 Å². The zero-order valence-corrected chi connectivity index (χ0v) is 32.1. The molecule has 0 rings (SSSR count). The van der Waals surface area contributed by atoms with Crippen LogP contribution in [-0.2, 0) is 21.1 Å². The van der Waals surface area contributed by atoms with Crippen molar-refractivity contribution in [2.45, 2.75) is 118 Å². The van der Waals surface area contributed by atoms with Gasteiger partial charge in [0.15, 0.2) is 0 Å². The van der Waals surface area contributed by atoms with E-state index in [2.05, 4.69) is 135 Å². The fraction of sp³-hybridized carbons (Fsp3) is 0.857. The van der Waals surface area contributed by atoms with Crippen LogP contribution in [0.4, 0.5) is 0 Å². The summed E-state index contributed by atoms with van der Waals surface area (Å²) < 4.78 is 0. The summed E-state index contributed by atoms with van der Waals surface area (Å²) in [6, 6.07) is 0. The molecule has 0 radical (unpaired) electrons. The van der Waals surface area contributed by atoms with Crippen LogP contribution in [-0.4, -0.2) is 48.4 Å². The summed E-state index contributed by atoms with van der Waals surface area (Å²) in [6.07, 6.45) is 0. The minimum Gasteiger partial charge on any atom is -0.327 e. The van der Waals surface area contributed by atoms with Gasteiger partial charge in [-0.15, -0.1) is 48.4 Å². The second kappa shape index (κ2) is 13.5. The summed E-state index contributed by atoms with van der Waals surface area (Å²) in [5.41, 5.74) is 7.96. The van der Waals surface area contributed by atoms with E-state index in [1.165, 1.54) is 0 Å². The quantitative estimate of drug-likeness (QED) is 0.197. The van der Waals surface area contributed by atoms with Crippen LogP contribution in [0, 0.1) is 17.0 Å². The first-order valence-corrected chi connectivity index (χ1v) is 32.2. The van der Waals surface area contributed by atoms with Gasteiger partial charge in [-0.05, 0) is 0 Å². The Hall–Kier alpha value is 1.99. The fourth-order valence-electron chi connectivity index (χ4n) is 3.90. The topological polar surface area (TPSA) is 0 Å². The van der Waals surface area contributed by atoms with E-state index in [0.717, 1.165) is 0 Å². The van der Waals surface area contributed by atoms with Crippen LogP contribution in [0.5, 0.6) is 0 Å². The van der Waals surface area contributed by atoms with Gasteiger partial charge in [0.05, 0.1) is 0 Å². The van der Waals surface area contributed by atoms with Crippen molar-refractivity contribution in [3.8, 4) is 0 Å². The molecule has 0 aliphatic carbocycles. The zero-order chi connectivity index (χ0) is 23.1. The normalized spacial score (nSPS) is 13.5. The van der Waals surface area contributed by atoms with E-state index in [1.54, 1.807) is 0 Å². The molecule has 0 aromatic heterocycles. The number of hydrogen-bond acceptors (Lipinski definition) is 0. The third-order valence-corrected chi connectivity index (χ3v) is 23.4. The third kappa shape index (κ3) is 51.0. The van der Waals surface area contributed by atoms with Crippen molar-refractivity contribution in [2.24, 2.45) is 0 Å². The molecule has 0 aliphatic rings. The molecule has 0 N–H and O–H groups in total. The van der Waals surface area contributed by atoms with Crippen LogP contribution in [0.2, 0.25) is 118 Å². The molecule has 0 saturated carbocycles. The molecular formula is C21H57Si6W-3. The first kappa shape index (κ1) is 37.3. The number of hydrogen-bond donors (Lipinski definition) is 0. The average molecular weight is 662 g/mol. The molecule has 174 valence electrons. The second-order valence-electron chi connectivity index (χ2n) is 14.6. The standard InChI is InChI=1S/3C7H19Si2.W/c3*1-8(2,3)7-9(4,5)6;/h3*7H,1-6H3;/q3*-1;. The largest absolute Gasteiger partial charge is 0.327 e. The van der Waals surface area contributed by atoms with Gasteiger partial charge >= 0.3 is 0 Å². The molecule has 0 amide bonds. The summed E-state index contributed by atoms with van der Waals surface area (Å²) in [7, 11) is -5.14. The van der Waals surface area contributed by atoms with Crippen molar-refractivity contribution in [1.82, 2.24) is 0 Å². The van der Waals surface area contributed by atoms with Crippen LogP contribution in [0.15, 0.2) is 0 Å². The van der Waals surface area contributed by atoms with Gasteiger partial charge in [0.1, 0.15) is 0 Å². The summed E-state index contributed by atoms with van der Waals surface area (Å²) in [5.74, 6) is 0. The molecule has 0 fully saturated rings. The molecule has 0 spiro atoms. The number of rotatable bonds is 6. The van der Waals surface area contributed by atoms with Crippen molar-refractivity contribution in [3.63, 3.8) is 0 Å². The van der Waals surface area contributed by atoms with Crippen molar-refractivity contribution >= 4 is 48.4 Å². The summed E-state index contributed by atoms with van der Waals surface area (Å²) in [6.45, 7) is 43.3. The molecule has 0 saturated heterocycles. The maximum atomic E-state index is 2.65. The molecule has 7 heteroatoms. The van der Waals surface area contributed by atoms with Crippen molar-refractivity contribution in [2.75, 3.05) is 0 Å². The predicted octanol–water partition coefficient (Wildman–Crippen LogP) is 8.83. The van der Waals surface area contributed by atoms with Crippen molar-refractivity contribution in [3.05, 3.63) is 17.0 Å². The monoisotopic (exact) mass is 661 g/mol. The first-order valence-electron chi connectivity index (χ1n) is 10.7. The zero-order valence-electron chi connectivity index (χ0n) is 23.1. The van der Waals surface area contributed by atoms with Crippen LogP contribution in [0.3, 0.4) is 0 Å². The second-order valence-corrected chi connectivity index (χ2v) is 46.5. The van der Waals surface area contributed by atoms with Gasteiger partial charge in [0.2, 0.25) is 0 Å². The predicted molar refractivity (Wildman–Crippen MR) is 153 cm³/mol. The van der Waals surface area contributed by atoms with Crippen LogP contribution in [0.25, 0.3) is 0 Å². The van der Waals surface area contributed by atoms with Gasteiger partial charge in [-0.25, -0.2) is 0 Å². The average Bonchev–Trinajstić information content (AvgIpc) is 1.96. The van der Waals surface area contributed by atoms with Crippen molar-refractivity contribution in [1.29, 1.82) is 0 Å². The van der Waals surface area contributed by atoms with Gasteiger partial charge < -0.3 is 17.0 Å². The Bertz CT molecular complexity index is 284. The summed E-state index contributed by atoms with van der Waals surface area (Å²) in [5, 5.41) is 0. The molecule has 28 heavy (non-hydrogen) atoms.